The molecule has 0 unspecified atom stereocenters. The minimum atomic E-state index is -3.68. The molecule has 8 heteroatoms. The second-order valence-electron chi connectivity index (χ2n) is 9.76. The van der Waals surface area contributed by atoms with Gasteiger partial charge in [0.25, 0.3) is 0 Å². The second kappa shape index (κ2) is 11.5. The standard InChI is InChI=1S/C25H38N2O5S/c1-32-22-14-12-19(13-15-22)16-27-24(29)25(26,23(28)21-10-6-3-7-11-21)18-33(30,31)17-20-8-4-2-5-9-20/h12-15,20-21H,2-11,16-18,26H2,1H3,(H,27,29)/t25-/m1/s1. The summed E-state index contributed by atoms with van der Waals surface area (Å²) in [5, 5.41) is 2.73. The predicted octanol–water partition coefficient (Wildman–Crippen LogP) is 3.15. The van der Waals surface area contributed by atoms with Gasteiger partial charge in [0.1, 0.15) is 5.75 Å². The second-order valence-corrected chi connectivity index (χ2v) is 11.9. The first-order valence-corrected chi connectivity index (χ1v) is 14.0. The monoisotopic (exact) mass is 478 g/mol. The molecule has 0 spiro atoms. The summed E-state index contributed by atoms with van der Waals surface area (Å²) in [5.41, 5.74) is 5.20. The molecule has 1 amide bonds. The third kappa shape index (κ3) is 7.03. The third-order valence-electron chi connectivity index (χ3n) is 7.09. The van der Waals surface area contributed by atoms with Gasteiger partial charge in [0.05, 0.1) is 18.6 Å². The highest BCUT2D eigenvalue weighted by atomic mass is 32.2. The minimum Gasteiger partial charge on any atom is -0.497 e. The van der Waals surface area contributed by atoms with E-state index >= 15 is 0 Å². The molecule has 7 nitrogen and oxygen atoms in total. The van der Waals surface area contributed by atoms with Crippen LogP contribution in [0, 0.1) is 11.8 Å². The van der Waals surface area contributed by atoms with E-state index in [0.717, 1.165) is 56.9 Å². The number of rotatable bonds is 10. The van der Waals surface area contributed by atoms with Gasteiger partial charge in [0.15, 0.2) is 21.2 Å². The number of amides is 1. The Kier molecular flexibility index (Phi) is 8.93. The lowest BCUT2D eigenvalue weighted by Crippen LogP contribution is -2.65. The van der Waals surface area contributed by atoms with Crippen molar-refractivity contribution < 1.29 is 22.7 Å². The highest BCUT2D eigenvalue weighted by molar-refractivity contribution is 7.91. The number of benzene rings is 1. The van der Waals surface area contributed by atoms with Crippen molar-refractivity contribution in [2.45, 2.75) is 76.3 Å². The minimum absolute atomic E-state index is 0.00431. The van der Waals surface area contributed by atoms with Crippen LogP contribution in [0.25, 0.3) is 0 Å². The molecule has 3 N–H and O–H groups in total. The van der Waals surface area contributed by atoms with Gasteiger partial charge in [0, 0.05) is 12.5 Å². The maximum absolute atomic E-state index is 13.5. The highest BCUT2D eigenvalue weighted by Gasteiger charge is 2.48. The Morgan fingerprint density at radius 1 is 1.00 bits per heavy atom. The lowest BCUT2D eigenvalue weighted by atomic mass is 9.78. The first kappa shape index (κ1) is 25.7. The van der Waals surface area contributed by atoms with E-state index in [2.05, 4.69) is 5.32 Å². The molecule has 0 aliphatic heterocycles. The zero-order valence-electron chi connectivity index (χ0n) is 19.7. The molecule has 0 radical (unpaired) electrons. The van der Waals surface area contributed by atoms with Gasteiger partial charge in [-0.2, -0.15) is 0 Å². The van der Waals surface area contributed by atoms with Crippen molar-refractivity contribution in [1.29, 1.82) is 0 Å². The Morgan fingerprint density at radius 2 is 1.58 bits per heavy atom. The Bertz CT molecular complexity index is 903. The van der Waals surface area contributed by atoms with Crippen LogP contribution in [0.5, 0.6) is 5.75 Å². The van der Waals surface area contributed by atoms with Crippen LogP contribution in [0.2, 0.25) is 0 Å². The van der Waals surface area contributed by atoms with Crippen molar-refractivity contribution in [3.8, 4) is 5.75 Å². The zero-order valence-corrected chi connectivity index (χ0v) is 20.5. The number of hydrogen-bond donors (Lipinski definition) is 2. The largest absolute Gasteiger partial charge is 0.497 e. The van der Waals surface area contributed by atoms with Crippen molar-refractivity contribution in [3.63, 3.8) is 0 Å². The van der Waals surface area contributed by atoms with Crippen molar-refractivity contribution >= 4 is 21.5 Å². The van der Waals surface area contributed by atoms with E-state index in [0.29, 0.717) is 18.6 Å². The van der Waals surface area contributed by atoms with Crippen LogP contribution < -0.4 is 15.8 Å². The van der Waals surface area contributed by atoms with Crippen LogP contribution in [0.4, 0.5) is 0 Å². The topological polar surface area (TPSA) is 116 Å². The first-order chi connectivity index (χ1) is 15.7. The summed E-state index contributed by atoms with van der Waals surface area (Å²) < 4.78 is 31.4. The van der Waals surface area contributed by atoms with Crippen LogP contribution in [0.1, 0.15) is 69.8 Å². The Labute approximate surface area is 197 Å². The van der Waals surface area contributed by atoms with Gasteiger partial charge < -0.3 is 15.8 Å². The van der Waals surface area contributed by atoms with Gasteiger partial charge >= 0.3 is 0 Å². The fourth-order valence-corrected chi connectivity index (χ4v) is 7.32. The van der Waals surface area contributed by atoms with E-state index in [1.54, 1.807) is 31.4 Å². The molecule has 0 bridgehead atoms. The molecule has 33 heavy (non-hydrogen) atoms. The number of carbonyl (C=O) groups excluding carboxylic acids is 2. The third-order valence-corrected chi connectivity index (χ3v) is 8.97. The van der Waals surface area contributed by atoms with Gasteiger partial charge in [-0.05, 0) is 49.3 Å². The molecule has 184 valence electrons. The molecule has 0 saturated heterocycles. The van der Waals surface area contributed by atoms with E-state index in [4.69, 9.17) is 10.5 Å². The average Bonchev–Trinajstić information content (AvgIpc) is 2.82. The number of sulfone groups is 1. The summed E-state index contributed by atoms with van der Waals surface area (Å²) in [4.78, 5) is 26.7. The number of ketones is 1. The highest BCUT2D eigenvalue weighted by Crippen LogP contribution is 2.30. The molecule has 2 saturated carbocycles. The van der Waals surface area contributed by atoms with E-state index < -0.39 is 32.8 Å². The SMILES string of the molecule is COc1ccc(CNC(=O)[C@@](N)(CS(=O)(=O)CC2CCCCC2)C(=O)C2CCCCC2)cc1. The first-order valence-electron chi connectivity index (χ1n) is 12.2. The van der Waals surface area contributed by atoms with Crippen LogP contribution in [0.3, 0.4) is 0 Å². The molecule has 0 heterocycles. The van der Waals surface area contributed by atoms with Crippen molar-refractivity contribution in [2.24, 2.45) is 17.6 Å². The normalized spacial score (nSPS) is 20.1. The predicted molar refractivity (Wildman–Crippen MR) is 129 cm³/mol. The number of carbonyl (C=O) groups is 2. The summed E-state index contributed by atoms with van der Waals surface area (Å²) in [6.45, 7) is 0.155. The molecular formula is C25H38N2O5S. The Hall–Kier alpha value is -1.93. The average molecular weight is 479 g/mol. The van der Waals surface area contributed by atoms with E-state index in [9.17, 15) is 18.0 Å². The maximum atomic E-state index is 13.5. The smallest absolute Gasteiger partial charge is 0.249 e. The van der Waals surface area contributed by atoms with E-state index in [1.807, 2.05) is 0 Å². The van der Waals surface area contributed by atoms with Crippen LogP contribution in [0.15, 0.2) is 24.3 Å². The molecule has 1 aromatic carbocycles. The number of ether oxygens (including phenoxy) is 1. The molecule has 2 fully saturated rings. The molecule has 0 aromatic heterocycles. The number of nitrogens with two attached hydrogens (primary N) is 1. The van der Waals surface area contributed by atoms with Gasteiger partial charge in [-0.3, -0.25) is 9.59 Å². The van der Waals surface area contributed by atoms with E-state index in [1.165, 1.54) is 0 Å². The van der Waals surface area contributed by atoms with Crippen molar-refractivity contribution in [1.82, 2.24) is 5.32 Å². The molecule has 1 aromatic rings. The number of methoxy groups -OCH3 is 1. The van der Waals surface area contributed by atoms with Gasteiger partial charge in [-0.1, -0.05) is 50.7 Å². The molecule has 2 aliphatic rings. The maximum Gasteiger partial charge on any atom is 0.249 e. The van der Waals surface area contributed by atoms with Gasteiger partial charge in [0.2, 0.25) is 5.91 Å². The summed E-state index contributed by atoms with van der Waals surface area (Å²) in [5.74, 6) is -1.35. The number of nitrogens with one attached hydrogen (secondary N) is 1. The summed E-state index contributed by atoms with van der Waals surface area (Å²) in [6, 6.07) is 7.16. The fourth-order valence-electron chi connectivity index (χ4n) is 5.18. The number of Topliss-reactive ketones (excluding diaryl/α,β-unsaturated/α-hetero) is 1. The lowest BCUT2D eigenvalue weighted by Gasteiger charge is -2.32. The summed E-state index contributed by atoms with van der Waals surface area (Å²) in [6.07, 6.45) is 9.08. The Balaban J connectivity index is 1.75. The summed E-state index contributed by atoms with van der Waals surface area (Å²) in [7, 11) is -2.11. The lowest BCUT2D eigenvalue weighted by molar-refractivity contribution is -0.138. The quantitative estimate of drug-likeness (QED) is 0.499. The van der Waals surface area contributed by atoms with Crippen LogP contribution >= 0.6 is 0 Å². The Morgan fingerprint density at radius 3 is 2.15 bits per heavy atom. The molecule has 1 atom stereocenters. The van der Waals surface area contributed by atoms with E-state index in [-0.39, 0.29) is 24.1 Å². The van der Waals surface area contributed by atoms with Gasteiger partial charge in [-0.15, -0.1) is 0 Å². The number of hydrogen-bond acceptors (Lipinski definition) is 6. The zero-order chi connectivity index (χ0) is 23.9. The van der Waals surface area contributed by atoms with Crippen molar-refractivity contribution in [3.05, 3.63) is 29.8 Å². The molecule has 3 rings (SSSR count). The van der Waals surface area contributed by atoms with Crippen molar-refractivity contribution in [2.75, 3.05) is 18.6 Å². The van der Waals surface area contributed by atoms with Gasteiger partial charge in [-0.25, -0.2) is 8.42 Å². The molecular weight excluding hydrogens is 440 g/mol. The summed E-state index contributed by atoms with van der Waals surface area (Å²) >= 11 is 0. The fraction of sp³-hybridized carbons (Fsp3) is 0.680. The van der Waals surface area contributed by atoms with Crippen LogP contribution in [-0.4, -0.2) is 44.3 Å². The van der Waals surface area contributed by atoms with Crippen LogP contribution in [-0.2, 0) is 26.0 Å². The molecule has 2 aliphatic carbocycles.